The van der Waals surface area contributed by atoms with Gasteiger partial charge in [0.25, 0.3) is 5.91 Å². The fourth-order valence-corrected chi connectivity index (χ4v) is 5.94. The van der Waals surface area contributed by atoms with E-state index >= 15 is 0 Å². The van der Waals surface area contributed by atoms with Gasteiger partial charge < -0.3 is 35.6 Å². The number of nitrogens with zero attached hydrogens (tertiary/aromatic N) is 3. The lowest BCUT2D eigenvalue weighted by Gasteiger charge is -2.38. The van der Waals surface area contributed by atoms with Crippen molar-refractivity contribution in [2.24, 2.45) is 5.73 Å². The van der Waals surface area contributed by atoms with Gasteiger partial charge in [0.2, 0.25) is 6.79 Å². The van der Waals surface area contributed by atoms with Crippen LogP contribution in [0, 0.1) is 6.92 Å². The molecular weight excluding hydrogens is 538 g/mol. The molecule has 2 aliphatic heterocycles. The molecule has 2 aliphatic rings. The summed E-state index contributed by atoms with van der Waals surface area (Å²) in [4.78, 5) is 20.2. The molecule has 4 aromatic rings. The highest BCUT2D eigenvalue weighted by atomic mass is 16.7. The molecular formula is C35H39N5O3. The van der Waals surface area contributed by atoms with Gasteiger partial charge in [0.05, 0.1) is 11.4 Å². The maximum Gasteiger partial charge on any atom is 0.254 e. The van der Waals surface area contributed by atoms with Crippen molar-refractivity contribution in [2.75, 3.05) is 61.6 Å². The first-order valence-corrected chi connectivity index (χ1v) is 14.9. The van der Waals surface area contributed by atoms with Crippen molar-refractivity contribution in [1.29, 1.82) is 0 Å². The second kappa shape index (κ2) is 12.7. The summed E-state index contributed by atoms with van der Waals surface area (Å²) in [6, 6.07) is 28.5. The second-order valence-corrected chi connectivity index (χ2v) is 11.2. The van der Waals surface area contributed by atoms with E-state index in [1.807, 2.05) is 11.0 Å². The molecule has 8 nitrogen and oxygen atoms in total. The van der Waals surface area contributed by atoms with Crippen LogP contribution in [0.15, 0.2) is 84.9 Å². The molecule has 6 rings (SSSR count). The SMILES string of the molecule is Cc1ccccc1N1CCN(c2ccc(-c3cccc(CN(CCCN)C(=O)c4ccc5c(c4)OCO5)c3)cc2N)CC1. The number of anilines is 3. The quantitative estimate of drug-likeness (QED) is 0.261. The minimum absolute atomic E-state index is 0.0618. The van der Waals surface area contributed by atoms with E-state index in [2.05, 4.69) is 77.4 Å². The molecule has 1 amide bonds. The number of nitrogen functional groups attached to an aromatic ring is 1. The van der Waals surface area contributed by atoms with Crippen LogP contribution in [-0.4, -0.2) is 56.9 Å². The first-order chi connectivity index (χ1) is 21.0. The third-order valence-corrected chi connectivity index (χ3v) is 8.28. The van der Waals surface area contributed by atoms with Crippen molar-refractivity contribution >= 4 is 23.0 Å². The Morgan fingerprint density at radius 3 is 2.33 bits per heavy atom. The van der Waals surface area contributed by atoms with Gasteiger partial charge in [-0.3, -0.25) is 4.79 Å². The van der Waals surface area contributed by atoms with Gasteiger partial charge in [-0.1, -0.05) is 42.5 Å². The first-order valence-electron chi connectivity index (χ1n) is 14.9. The summed E-state index contributed by atoms with van der Waals surface area (Å²) in [7, 11) is 0. The lowest BCUT2D eigenvalue weighted by Crippen LogP contribution is -2.47. The van der Waals surface area contributed by atoms with E-state index in [4.69, 9.17) is 20.9 Å². The third-order valence-electron chi connectivity index (χ3n) is 8.28. The number of hydrogen-bond donors (Lipinski definition) is 2. The third kappa shape index (κ3) is 6.24. The van der Waals surface area contributed by atoms with Crippen molar-refractivity contribution in [2.45, 2.75) is 19.9 Å². The molecule has 0 spiro atoms. The molecule has 0 radical (unpaired) electrons. The Morgan fingerprint density at radius 2 is 1.56 bits per heavy atom. The molecule has 0 atom stereocenters. The summed E-state index contributed by atoms with van der Waals surface area (Å²) in [5, 5.41) is 0. The van der Waals surface area contributed by atoms with E-state index in [1.54, 1.807) is 18.2 Å². The van der Waals surface area contributed by atoms with E-state index in [0.29, 0.717) is 43.1 Å². The van der Waals surface area contributed by atoms with Crippen LogP contribution in [0.5, 0.6) is 11.5 Å². The van der Waals surface area contributed by atoms with E-state index in [1.165, 1.54) is 11.3 Å². The van der Waals surface area contributed by atoms with Gasteiger partial charge in [-0.05, 0) is 84.6 Å². The van der Waals surface area contributed by atoms with Crippen LogP contribution in [-0.2, 0) is 6.54 Å². The number of carbonyl (C=O) groups excluding carboxylic acids is 1. The van der Waals surface area contributed by atoms with Crippen LogP contribution in [0.4, 0.5) is 17.1 Å². The van der Waals surface area contributed by atoms with Crippen molar-refractivity contribution in [1.82, 2.24) is 4.90 Å². The molecule has 0 aromatic heterocycles. The number of fused-ring (bicyclic) bond motifs is 1. The Bertz CT molecular complexity index is 1600. The maximum atomic E-state index is 13.5. The Hall–Kier alpha value is -4.69. The van der Waals surface area contributed by atoms with Crippen LogP contribution < -0.4 is 30.7 Å². The fourth-order valence-electron chi connectivity index (χ4n) is 5.94. The molecule has 1 saturated heterocycles. The molecule has 43 heavy (non-hydrogen) atoms. The summed E-state index contributed by atoms with van der Waals surface area (Å²) in [5.74, 6) is 1.20. The van der Waals surface area contributed by atoms with Crippen LogP contribution in [0.3, 0.4) is 0 Å². The van der Waals surface area contributed by atoms with E-state index in [9.17, 15) is 4.79 Å². The van der Waals surface area contributed by atoms with Gasteiger partial charge in [0.15, 0.2) is 11.5 Å². The zero-order chi connectivity index (χ0) is 29.8. The zero-order valence-electron chi connectivity index (χ0n) is 24.7. The van der Waals surface area contributed by atoms with E-state index in [0.717, 1.165) is 54.2 Å². The number of piperazine rings is 1. The highest BCUT2D eigenvalue weighted by molar-refractivity contribution is 5.95. The van der Waals surface area contributed by atoms with Gasteiger partial charge in [0, 0.05) is 50.5 Å². The Balaban J connectivity index is 1.15. The maximum absolute atomic E-state index is 13.5. The van der Waals surface area contributed by atoms with Crippen LogP contribution in [0.1, 0.15) is 27.9 Å². The molecule has 0 bridgehead atoms. The average molecular weight is 578 g/mol. The summed E-state index contributed by atoms with van der Waals surface area (Å²) < 4.78 is 10.9. The smallest absolute Gasteiger partial charge is 0.254 e. The molecule has 2 heterocycles. The minimum atomic E-state index is -0.0618. The molecule has 4 aromatic carbocycles. The van der Waals surface area contributed by atoms with Gasteiger partial charge in [-0.25, -0.2) is 0 Å². The number of para-hydroxylation sites is 1. The highest BCUT2D eigenvalue weighted by Crippen LogP contribution is 2.34. The van der Waals surface area contributed by atoms with Gasteiger partial charge in [-0.15, -0.1) is 0 Å². The van der Waals surface area contributed by atoms with Crippen LogP contribution >= 0.6 is 0 Å². The van der Waals surface area contributed by atoms with Crippen molar-refractivity contribution in [3.63, 3.8) is 0 Å². The topological polar surface area (TPSA) is 97.3 Å². The summed E-state index contributed by atoms with van der Waals surface area (Å²) in [6.45, 7) is 7.64. The zero-order valence-corrected chi connectivity index (χ0v) is 24.7. The molecule has 0 saturated carbocycles. The van der Waals surface area contributed by atoms with Gasteiger partial charge in [0.1, 0.15) is 0 Å². The predicted molar refractivity (Wildman–Crippen MR) is 173 cm³/mol. The predicted octanol–water partition coefficient (Wildman–Crippen LogP) is 5.29. The molecule has 0 unspecified atom stereocenters. The largest absolute Gasteiger partial charge is 0.454 e. The number of carbonyl (C=O) groups is 1. The standard InChI is InChI=1S/C35H39N5O3/c1-25-6-2-3-9-31(25)38-16-18-39(19-17-38)32-12-10-28(21-30(32)37)27-8-4-7-26(20-27)23-40(15-5-14-36)35(41)29-11-13-33-34(22-29)43-24-42-33/h2-4,6-13,20-22H,5,14-19,23-24,36-37H2,1H3. The van der Waals surface area contributed by atoms with Crippen molar-refractivity contribution < 1.29 is 14.3 Å². The van der Waals surface area contributed by atoms with E-state index < -0.39 is 0 Å². The minimum Gasteiger partial charge on any atom is -0.454 e. The highest BCUT2D eigenvalue weighted by Gasteiger charge is 2.22. The monoisotopic (exact) mass is 577 g/mol. The van der Waals surface area contributed by atoms with Crippen LogP contribution in [0.25, 0.3) is 11.1 Å². The molecule has 0 aliphatic carbocycles. The van der Waals surface area contributed by atoms with Gasteiger partial charge >= 0.3 is 0 Å². The Labute approximate surface area is 253 Å². The number of ether oxygens (including phenoxy) is 2. The summed E-state index contributed by atoms with van der Waals surface area (Å²) in [5.41, 5.74) is 20.6. The number of nitrogens with two attached hydrogens (primary N) is 2. The normalized spacial score (nSPS) is 14.2. The summed E-state index contributed by atoms with van der Waals surface area (Å²) in [6.07, 6.45) is 0.715. The van der Waals surface area contributed by atoms with E-state index in [-0.39, 0.29) is 12.7 Å². The lowest BCUT2D eigenvalue weighted by atomic mass is 10.0. The Kier molecular flexibility index (Phi) is 8.38. The second-order valence-electron chi connectivity index (χ2n) is 11.2. The number of benzene rings is 4. The lowest BCUT2D eigenvalue weighted by molar-refractivity contribution is 0.0742. The van der Waals surface area contributed by atoms with Crippen molar-refractivity contribution in [3.8, 4) is 22.6 Å². The number of rotatable bonds is 9. The first kappa shape index (κ1) is 28.4. The number of hydrogen-bond acceptors (Lipinski definition) is 7. The molecule has 222 valence electrons. The summed E-state index contributed by atoms with van der Waals surface area (Å²) >= 11 is 0. The number of amides is 1. The van der Waals surface area contributed by atoms with Crippen molar-refractivity contribution in [3.05, 3.63) is 102 Å². The van der Waals surface area contributed by atoms with Crippen LogP contribution in [0.2, 0.25) is 0 Å². The fraction of sp³-hybridized carbons (Fsp3) is 0.286. The number of aryl methyl sites for hydroxylation is 1. The molecule has 4 N–H and O–H groups in total. The average Bonchev–Trinajstić information content (AvgIpc) is 3.51. The molecule has 1 fully saturated rings. The molecule has 8 heteroatoms. The van der Waals surface area contributed by atoms with Gasteiger partial charge in [-0.2, -0.15) is 0 Å². The Morgan fingerprint density at radius 1 is 0.814 bits per heavy atom.